The first kappa shape index (κ1) is 17.2. The van der Waals surface area contributed by atoms with Crippen LogP contribution in [0, 0.1) is 5.92 Å². The molecule has 1 saturated heterocycles. The lowest BCUT2D eigenvalue weighted by atomic mass is 9.98. The number of hydrogen-bond donors (Lipinski definition) is 1. The van der Waals surface area contributed by atoms with Crippen LogP contribution in [0.5, 0.6) is 0 Å². The summed E-state index contributed by atoms with van der Waals surface area (Å²) in [7, 11) is 0. The normalized spacial score (nSPS) is 20.7. The van der Waals surface area contributed by atoms with E-state index in [1.54, 1.807) is 17.9 Å². The van der Waals surface area contributed by atoms with Gasteiger partial charge in [0.05, 0.1) is 18.1 Å². The van der Waals surface area contributed by atoms with Crippen LogP contribution in [-0.4, -0.2) is 38.1 Å². The molecule has 3 nitrogen and oxygen atoms in total. The number of nitrogens with zero attached hydrogens (tertiary/aromatic N) is 1. The molecular weight excluding hydrogens is 314 g/mol. The number of carbonyl (C=O) groups is 1. The number of carbonyl (C=O) groups excluding carboxylic acids is 1. The summed E-state index contributed by atoms with van der Waals surface area (Å²) in [4.78, 5) is 14.4. The topological polar surface area (TPSA) is 40.5 Å². The zero-order chi connectivity index (χ0) is 16.1. The van der Waals surface area contributed by atoms with Crippen molar-refractivity contribution in [3.8, 4) is 0 Å². The first-order valence-electron chi connectivity index (χ1n) is 7.37. The average molecular weight is 335 g/mol. The quantitative estimate of drug-likeness (QED) is 0.641. The maximum atomic E-state index is 12.7. The number of aliphatic hydroxyl groups excluding tert-OH is 1. The van der Waals surface area contributed by atoms with E-state index in [1.165, 1.54) is 17.3 Å². The summed E-state index contributed by atoms with van der Waals surface area (Å²) < 4.78 is 0.614. The molecule has 1 aromatic carbocycles. The van der Waals surface area contributed by atoms with Crippen molar-refractivity contribution in [1.29, 1.82) is 0 Å². The third-order valence-electron chi connectivity index (χ3n) is 3.89. The van der Waals surface area contributed by atoms with Gasteiger partial charge in [-0.15, -0.1) is 6.58 Å². The van der Waals surface area contributed by atoms with Crippen LogP contribution >= 0.6 is 24.0 Å². The first-order chi connectivity index (χ1) is 10.5. The van der Waals surface area contributed by atoms with Gasteiger partial charge in [-0.1, -0.05) is 67.3 Å². The molecule has 0 radical (unpaired) electrons. The summed E-state index contributed by atoms with van der Waals surface area (Å²) >= 11 is 6.88. The van der Waals surface area contributed by atoms with Crippen LogP contribution in [0.25, 0.3) is 0 Å². The van der Waals surface area contributed by atoms with E-state index in [4.69, 9.17) is 12.2 Å². The van der Waals surface area contributed by atoms with Crippen LogP contribution in [-0.2, 0) is 11.2 Å². The lowest BCUT2D eigenvalue weighted by Crippen LogP contribution is -2.45. The second-order valence-electron chi connectivity index (χ2n) is 5.51. The number of thiocarbonyl (C=S) groups is 1. The fourth-order valence-electron chi connectivity index (χ4n) is 2.53. The molecule has 0 aliphatic carbocycles. The zero-order valence-corrected chi connectivity index (χ0v) is 14.3. The highest BCUT2D eigenvalue weighted by Gasteiger charge is 2.37. The van der Waals surface area contributed by atoms with Crippen LogP contribution < -0.4 is 0 Å². The minimum atomic E-state index is -0.712. The second-order valence-corrected chi connectivity index (χ2v) is 7.16. The lowest BCUT2D eigenvalue weighted by Gasteiger charge is -2.28. The van der Waals surface area contributed by atoms with Gasteiger partial charge in [-0.2, -0.15) is 0 Å². The Morgan fingerprint density at radius 2 is 2.23 bits per heavy atom. The van der Waals surface area contributed by atoms with E-state index in [-0.39, 0.29) is 11.9 Å². The van der Waals surface area contributed by atoms with Crippen LogP contribution in [0.1, 0.15) is 18.9 Å². The Balaban J connectivity index is 2.10. The van der Waals surface area contributed by atoms with E-state index >= 15 is 0 Å². The van der Waals surface area contributed by atoms with Crippen molar-refractivity contribution in [2.45, 2.75) is 31.9 Å². The molecule has 1 aromatic rings. The van der Waals surface area contributed by atoms with Crippen LogP contribution in [0.2, 0.25) is 0 Å². The van der Waals surface area contributed by atoms with Crippen LogP contribution in [0.15, 0.2) is 43.0 Å². The second kappa shape index (κ2) is 7.90. The number of amides is 1. The van der Waals surface area contributed by atoms with Gasteiger partial charge in [-0.05, 0) is 18.4 Å². The molecule has 1 aliphatic heterocycles. The van der Waals surface area contributed by atoms with Crippen molar-refractivity contribution in [2.75, 3.05) is 5.75 Å². The number of thioether (sulfide) groups is 1. The molecule has 1 heterocycles. The molecule has 2 rings (SSSR count). The number of rotatable bonds is 6. The van der Waals surface area contributed by atoms with E-state index in [2.05, 4.69) is 18.7 Å². The van der Waals surface area contributed by atoms with Crippen molar-refractivity contribution < 1.29 is 9.90 Å². The third-order valence-corrected chi connectivity index (χ3v) is 5.43. The molecule has 5 heteroatoms. The van der Waals surface area contributed by atoms with Gasteiger partial charge in [0, 0.05) is 5.75 Å². The molecule has 1 fully saturated rings. The number of benzene rings is 1. The maximum Gasteiger partial charge on any atom is 0.233 e. The largest absolute Gasteiger partial charge is 0.392 e. The molecule has 0 spiro atoms. The smallest absolute Gasteiger partial charge is 0.233 e. The van der Waals surface area contributed by atoms with Crippen molar-refractivity contribution in [3.63, 3.8) is 0 Å². The number of hydrogen-bond acceptors (Lipinski definition) is 4. The predicted molar refractivity (Wildman–Crippen MR) is 95.8 cm³/mol. The highest BCUT2D eigenvalue weighted by molar-refractivity contribution is 8.23. The Kier molecular flexibility index (Phi) is 6.17. The molecule has 1 N–H and O–H groups in total. The zero-order valence-electron chi connectivity index (χ0n) is 12.6. The third kappa shape index (κ3) is 3.97. The Bertz CT molecular complexity index is 547. The standard InChI is InChI=1S/C17H21NO2S2/c1-3-7-15(19)12(2)16(20)18-14(11-22-17(18)21)10-13-8-5-4-6-9-13/h3-6,8-9,12,14-15,19H,1,7,10-11H2,2H3/t12-,14+,15+/m1/s1. The summed E-state index contributed by atoms with van der Waals surface area (Å²) in [6.07, 6.45) is 2.11. The van der Waals surface area contributed by atoms with Gasteiger partial charge < -0.3 is 5.11 Å². The lowest BCUT2D eigenvalue weighted by molar-refractivity contribution is -0.135. The van der Waals surface area contributed by atoms with E-state index in [9.17, 15) is 9.90 Å². The molecule has 0 unspecified atom stereocenters. The van der Waals surface area contributed by atoms with Gasteiger partial charge >= 0.3 is 0 Å². The van der Waals surface area contributed by atoms with Crippen molar-refractivity contribution in [1.82, 2.24) is 4.90 Å². The molecule has 3 atom stereocenters. The Morgan fingerprint density at radius 1 is 1.55 bits per heavy atom. The van der Waals surface area contributed by atoms with Crippen molar-refractivity contribution in [3.05, 3.63) is 48.6 Å². The highest BCUT2D eigenvalue weighted by Crippen LogP contribution is 2.29. The van der Waals surface area contributed by atoms with E-state index in [0.717, 1.165) is 12.2 Å². The van der Waals surface area contributed by atoms with Gasteiger partial charge in [0.25, 0.3) is 0 Å². The Hall–Kier alpha value is -1.17. The van der Waals surface area contributed by atoms with Gasteiger partial charge in [0.15, 0.2) is 0 Å². The Morgan fingerprint density at radius 3 is 2.86 bits per heavy atom. The minimum absolute atomic E-state index is 0.0609. The molecule has 118 valence electrons. The summed E-state index contributed by atoms with van der Waals surface area (Å²) in [5.74, 6) is 0.238. The monoisotopic (exact) mass is 335 g/mol. The van der Waals surface area contributed by atoms with Crippen LogP contribution in [0.3, 0.4) is 0 Å². The van der Waals surface area contributed by atoms with E-state index in [1.807, 2.05) is 18.2 Å². The first-order valence-corrected chi connectivity index (χ1v) is 8.76. The summed E-state index contributed by atoms with van der Waals surface area (Å²) in [6, 6.07) is 10.2. The summed E-state index contributed by atoms with van der Waals surface area (Å²) in [6.45, 7) is 5.36. The summed E-state index contributed by atoms with van der Waals surface area (Å²) in [5.41, 5.74) is 1.19. The summed E-state index contributed by atoms with van der Waals surface area (Å²) in [5, 5.41) is 10.0. The molecule has 1 aliphatic rings. The molecule has 1 amide bonds. The van der Waals surface area contributed by atoms with Gasteiger partial charge in [-0.25, -0.2) is 0 Å². The Labute approximate surface area is 141 Å². The predicted octanol–water partition coefficient (Wildman–Crippen LogP) is 3.03. The van der Waals surface area contributed by atoms with Gasteiger partial charge in [0.2, 0.25) is 5.91 Å². The molecular formula is C17H21NO2S2. The number of aliphatic hydroxyl groups is 1. The molecule has 0 saturated carbocycles. The maximum absolute atomic E-state index is 12.7. The van der Waals surface area contributed by atoms with E-state index < -0.39 is 12.0 Å². The SMILES string of the molecule is C=CC[C@H](O)[C@@H](C)C(=O)N1C(=S)SC[C@@H]1Cc1ccccc1. The van der Waals surface area contributed by atoms with E-state index in [0.29, 0.717) is 10.7 Å². The van der Waals surface area contributed by atoms with Crippen molar-refractivity contribution >= 4 is 34.2 Å². The van der Waals surface area contributed by atoms with Crippen molar-refractivity contribution in [2.24, 2.45) is 5.92 Å². The fourth-order valence-corrected chi connectivity index (χ4v) is 3.95. The average Bonchev–Trinajstić information content (AvgIpc) is 2.87. The molecule has 0 bridgehead atoms. The minimum Gasteiger partial charge on any atom is -0.392 e. The van der Waals surface area contributed by atoms with Crippen LogP contribution in [0.4, 0.5) is 0 Å². The fraction of sp³-hybridized carbons (Fsp3) is 0.412. The molecule has 22 heavy (non-hydrogen) atoms. The van der Waals surface area contributed by atoms with Gasteiger partial charge in [0.1, 0.15) is 4.32 Å². The molecule has 0 aromatic heterocycles. The van der Waals surface area contributed by atoms with Gasteiger partial charge in [-0.3, -0.25) is 9.69 Å². The highest BCUT2D eigenvalue weighted by atomic mass is 32.2.